The van der Waals surface area contributed by atoms with Gasteiger partial charge in [-0.05, 0) is 22.9 Å². The third kappa shape index (κ3) is 2.70. The molecule has 0 atom stereocenters. The molecule has 6 heteroatoms. The van der Waals surface area contributed by atoms with Crippen LogP contribution < -0.4 is 4.74 Å². The van der Waals surface area contributed by atoms with Gasteiger partial charge in [-0.15, -0.1) is 21.8 Å². The number of ether oxygens (including phenoxy) is 1. The fraction of sp³-hybridized carbons (Fsp3) is 0.300. The molecule has 1 heterocycles. The van der Waals surface area contributed by atoms with E-state index in [0.717, 1.165) is 11.3 Å². The van der Waals surface area contributed by atoms with Crippen molar-refractivity contribution in [3.05, 3.63) is 35.7 Å². The van der Waals surface area contributed by atoms with Gasteiger partial charge in [-0.1, -0.05) is 12.1 Å². The monoisotopic (exact) mass is 238 g/mol. The number of alkyl halides is 1. The molecule has 0 aliphatic heterocycles. The summed E-state index contributed by atoms with van der Waals surface area (Å²) in [6, 6.07) is 7.58. The van der Waals surface area contributed by atoms with Crippen molar-refractivity contribution in [2.75, 3.05) is 0 Å². The highest BCUT2D eigenvalue weighted by molar-refractivity contribution is 6.17. The van der Waals surface area contributed by atoms with Crippen LogP contribution in [0.5, 0.6) is 5.75 Å². The topological polar surface area (TPSA) is 52.8 Å². The van der Waals surface area contributed by atoms with E-state index >= 15 is 0 Å². The van der Waals surface area contributed by atoms with E-state index in [9.17, 15) is 0 Å². The predicted molar refractivity (Wildman–Crippen MR) is 59.1 cm³/mol. The summed E-state index contributed by atoms with van der Waals surface area (Å²) in [6.45, 7) is 0.314. The molecule has 2 aromatic rings. The molecule has 0 saturated heterocycles. The first-order valence-electron chi connectivity index (χ1n) is 4.78. The summed E-state index contributed by atoms with van der Waals surface area (Å²) in [4.78, 5) is 1.40. The minimum absolute atomic E-state index is 0.314. The van der Waals surface area contributed by atoms with Crippen molar-refractivity contribution in [3.8, 4) is 5.75 Å². The molecule has 16 heavy (non-hydrogen) atoms. The Balaban J connectivity index is 1.94. The molecule has 84 valence electrons. The second-order valence-electron chi connectivity index (χ2n) is 3.26. The SMILES string of the molecule is Cn1nnc(COc2ccc(CCl)cc2)n1. The van der Waals surface area contributed by atoms with E-state index in [0.29, 0.717) is 18.3 Å². The first-order chi connectivity index (χ1) is 7.78. The van der Waals surface area contributed by atoms with Crippen LogP contribution in [-0.4, -0.2) is 20.2 Å². The molecule has 1 aromatic heterocycles. The van der Waals surface area contributed by atoms with Gasteiger partial charge in [-0.2, -0.15) is 4.80 Å². The molecule has 0 fully saturated rings. The highest BCUT2D eigenvalue weighted by Gasteiger charge is 2.01. The number of hydrogen-bond acceptors (Lipinski definition) is 4. The normalized spacial score (nSPS) is 10.4. The first-order valence-corrected chi connectivity index (χ1v) is 5.32. The summed E-state index contributed by atoms with van der Waals surface area (Å²) in [5.41, 5.74) is 1.06. The number of hydrogen-bond donors (Lipinski definition) is 0. The zero-order valence-corrected chi connectivity index (χ0v) is 9.55. The highest BCUT2D eigenvalue weighted by Crippen LogP contribution is 2.14. The Morgan fingerprint density at radius 2 is 2.06 bits per heavy atom. The van der Waals surface area contributed by atoms with Gasteiger partial charge in [0.05, 0.1) is 7.05 Å². The number of aryl methyl sites for hydroxylation is 1. The van der Waals surface area contributed by atoms with Gasteiger partial charge in [-0.3, -0.25) is 0 Å². The molecule has 2 rings (SSSR count). The van der Waals surface area contributed by atoms with E-state index in [1.54, 1.807) is 7.05 Å². The van der Waals surface area contributed by atoms with Crippen LogP contribution in [0.1, 0.15) is 11.4 Å². The lowest BCUT2D eigenvalue weighted by atomic mass is 10.2. The second-order valence-corrected chi connectivity index (χ2v) is 3.53. The predicted octanol–water partition coefficient (Wildman–Crippen LogP) is 1.53. The van der Waals surface area contributed by atoms with Crippen LogP contribution in [-0.2, 0) is 19.5 Å². The van der Waals surface area contributed by atoms with E-state index in [4.69, 9.17) is 16.3 Å². The molecule has 0 saturated carbocycles. The zero-order valence-electron chi connectivity index (χ0n) is 8.80. The molecule has 0 aliphatic rings. The number of halogens is 1. The van der Waals surface area contributed by atoms with Crippen LogP contribution in [0.2, 0.25) is 0 Å². The quantitative estimate of drug-likeness (QED) is 0.758. The minimum atomic E-state index is 0.314. The van der Waals surface area contributed by atoms with Gasteiger partial charge in [0.1, 0.15) is 5.75 Å². The lowest BCUT2D eigenvalue weighted by molar-refractivity contribution is 0.295. The lowest BCUT2D eigenvalue weighted by Crippen LogP contribution is -1.99. The maximum atomic E-state index is 5.68. The summed E-state index contributed by atoms with van der Waals surface area (Å²) in [6.07, 6.45) is 0. The van der Waals surface area contributed by atoms with Crippen LogP contribution in [0.3, 0.4) is 0 Å². The van der Waals surface area contributed by atoms with Crippen LogP contribution in [0.15, 0.2) is 24.3 Å². The van der Waals surface area contributed by atoms with Gasteiger partial charge in [-0.25, -0.2) is 0 Å². The Hall–Kier alpha value is -1.62. The van der Waals surface area contributed by atoms with Crippen molar-refractivity contribution in [1.82, 2.24) is 20.2 Å². The summed E-state index contributed by atoms with van der Waals surface area (Å²) in [5, 5.41) is 11.5. The van der Waals surface area contributed by atoms with Crippen molar-refractivity contribution in [1.29, 1.82) is 0 Å². The Bertz CT molecular complexity index is 454. The third-order valence-corrected chi connectivity index (χ3v) is 2.30. The Kier molecular flexibility index (Phi) is 3.36. The molecule has 5 nitrogen and oxygen atoms in total. The fourth-order valence-corrected chi connectivity index (χ4v) is 1.38. The molecule has 0 amide bonds. The van der Waals surface area contributed by atoms with E-state index < -0.39 is 0 Å². The van der Waals surface area contributed by atoms with Crippen molar-refractivity contribution in [2.45, 2.75) is 12.5 Å². The third-order valence-electron chi connectivity index (χ3n) is 2.00. The molecule has 0 unspecified atom stereocenters. The van der Waals surface area contributed by atoms with Crippen LogP contribution in [0, 0.1) is 0 Å². The fourth-order valence-electron chi connectivity index (χ4n) is 1.20. The largest absolute Gasteiger partial charge is 0.485 e. The van der Waals surface area contributed by atoms with Gasteiger partial charge in [0, 0.05) is 5.88 Å². The Morgan fingerprint density at radius 3 is 2.62 bits per heavy atom. The van der Waals surface area contributed by atoms with E-state index in [1.807, 2.05) is 24.3 Å². The van der Waals surface area contributed by atoms with Gasteiger partial charge >= 0.3 is 0 Å². The molecule has 0 aliphatic carbocycles. The van der Waals surface area contributed by atoms with Crippen molar-refractivity contribution in [3.63, 3.8) is 0 Å². The molecule has 1 aromatic carbocycles. The smallest absolute Gasteiger partial charge is 0.212 e. The number of tetrazole rings is 1. The first kappa shape index (κ1) is 10.9. The van der Waals surface area contributed by atoms with Crippen LogP contribution in [0.25, 0.3) is 0 Å². The summed E-state index contributed by atoms with van der Waals surface area (Å²) in [5.74, 6) is 1.83. The summed E-state index contributed by atoms with van der Waals surface area (Å²) >= 11 is 5.68. The van der Waals surface area contributed by atoms with E-state index in [1.165, 1.54) is 4.80 Å². The van der Waals surface area contributed by atoms with E-state index in [2.05, 4.69) is 15.4 Å². The molecule has 0 bridgehead atoms. The number of aromatic nitrogens is 4. The second kappa shape index (κ2) is 4.94. The number of nitrogens with zero attached hydrogens (tertiary/aromatic N) is 4. The molecule has 0 spiro atoms. The van der Waals surface area contributed by atoms with Gasteiger partial charge in [0.25, 0.3) is 0 Å². The number of benzene rings is 1. The van der Waals surface area contributed by atoms with Crippen LogP contribution >= 0.6 is 11.6 Å². The zero-order chi connectivity index (χ0) is 11.4. The van der Waals surface area contributed by atoms with Crippen molar-refractivity contribution >= 4 is 11.6 Å². The van der Waals surface area contributed by atoms with Gasteiger partial charge < -0.3 is 4.74 Å². The lowest BCUT2D eigenvalue weighted by Gasteiger charge is -2.03. The molecular weight excluding hydrogens is 228 g/mol. The highest BCUT2D eigenvalue weighted by atomic mass is 35.5. The maximum absolute atomic E-state index is 5.68. The van der Waals surface area contributed by atoms with Gasteiger partial charge in [0.2, 0.25) is 5.82 Å². The molecular formula is C10H11ClN4O. The standard InChI is InChI=1S/C10H11ClN4O/c1-15-13-10(12-14-15)7-16-9-4-2-8(6-11)3-5-9/h2-5H,6-7H2,1H3. The maximum Gasteiger partial charge on any atom is 0.212 e. The summed E-state index contributed by atoms with van der Waals surface area (Å²) < 4.78 is 5.48. The summed E-state index contributed by atoms with van der Waals surface area (Å²) in [7, 11) is 1.71. The van der Waals surface area contributed by atoms with Crippen LogP contribution in [0.4, 0.5) is 0 Å². The Morgan fingerprint density at radius 1 is 1.31 bits per heavy atom. The molecule has 0 radical (unpaired) electrons. The number of rotatable bonds is 4. The van der Waals surface area contributed by atoms with Crippen molar-refractivity contribution in [2.24, 2.45) is 7.05 Å². The average molecular weight is 239 g/mol. The Labute approximate surface area is 98.0 Å². The van der Waals surface area contributed by atoms with Crippen molar-refractivity contribution < 1.29 is 4.74 Å². The molecule has 0 N–H and O–H groups in total. The van der Waals surface area contributed by atoms with E-state index in [-0.39, 0.29) is 0 Å². The average Bonchev–Trinajstić information content (AvgIpc) is 2.73. The van der Waals surface area contributed by atoms with Gasteiger partial charge in [0.15, 0.2) is 6.61 Å². The minimum Gasteiger partial charge on any atom is -0.485 e.